The van der Waals surface area contributed by atoms with Crippen LogP contribution in [0.5, 0.6) is 0 Å². The molecule has 0 atom stereocenters. The van der Waals surface area contributed by atoms with Gasteiger partial charge in [-0.05, 0) is 105 Å². The Hall–Kier alpha value is -4.72. The van der Waals surface area contributed by atoms with Crippen molar-refractivity contribution in [3.8, 4) is 0 Å². The summed E-state index contributed by atoms with van der Waals surface area (Å²) in [5, 5.41) is 0. The molecule has 0 amide bonds. The van der Waals surface area contributed by atoms with E-state index in [2.05, 4.69) is 58.1 Å². The fraction of sp³-hybridized carbons (Fsp3) is 0.314. The fourth-order valence-corrected chi connectivity index (χ4v) is 5.17. The first-order valence-electron chi connectivity index (χ1n) is 14.8. The lowest BCUT2D eigenvalue weighted by Gasteiger charge is -2.04. The molecule has 2 heterocycles. The number of carbonyl (C=O) groups excluding carboxylic acids is 2. The van der Waals surface area contributed by atoms with Gasteiger partial charge < -0.3 is 19.4 Å². The van der Waals surface area contributed by atoms with Crippen LogP contribution in [0.2, 0.25) is 0 Å². The third-order valence-corrected chi connectivity index (χ3v) is 7.46. The third kappa shape index (κ3) is 7.38. The highest BCUT2D eigenvalue weighted by molar-refractivity contribution is 5.94. The lowest BCUT2D eigenvalue weighted by molar-refractivity contribution is 0.0510. The van der Waals surface area contributed by atoms with E-state index in [4.69, 9.17) is 9.47 Å². The summed E-state index contributed by atoms with van der Waals surface area (Å²) >= 11 is 0. The first kappa shape index (κ1) is 31.2. The van der Waals surface area contributed by atoms with E-state index in [1.807, 2.05) is 38.1 Å². The Bertz CT molecular complexity index is 1500. The number of aromatic nitrogens is 2. The van der Waals surface area contributed by atoms with E-state index in [1.165, 1.54) is 11.1 Å². The second-order valence-corrected chi connectivity index (χ2v) is 10.2. The van der Waals surface area contributed by atoms with Crippen molar-refractivity contribution >= 4 is 35.7 Å². The number of hydrogen-bond donors (Lipinski definition) is 2. The van der Waals surface area contributed by atoms with Gasteiger partial charge in [0.25, 0.3) is 0 Å². The molecule has 4 rings (SSSR count). The first-order chi connectivity index (χ1) is 20.8. The van der Waals surface area contributed by atoms with E-state index in [1.54, 1.807) is 26.3 Å². The van der Waals surface area contributed by atoms with Gasteiger partial charge in [0, 0.05) is 0 Å². The van der Waals surface area contributed by atoms with Crippen molar-refractivity contribution in [3.63, 3.8) is 0 Å². The Morgan fingerprint density at radius 1 is 0.651 bits per heavy atom. The molecule has 224 valence electrons. The maximum absolute atomic E-state index is 12.3. The summed E-state index contributed by atoms with van der Waals surface area (Å²) in [7, 11) is 0. The minimum atomic E-state index is -0.343. The van der Waals surface area contributed by atoms with Gasteiger partial charge in [0.1, 0.15) is 11.4 Å². The molecule has 2 aromatic heterocycles. The summed E-state index contributed by atoms with van der Waals surface area (Å²) in [5.74, 6) is -0.686. The number of nitrogens with zero attached hydrogens (tertiary/aromatic N) is 2. The third-order valence-electron chi connectivity index (χ3n) is 7.46. The molecule has 0 unspecified atom stereocenters. The smallest absolute Gasteiger partial charge is 0.355 e. The molecule has 8 nitrogen and oxygen atoms in total. The number of hydrogen-bond acceptors (Lipinski definition) is 6. The summed E-state index contributed by atoms with van der Waals surface area (Å²) < 4.78 is 10.3. The lowest BCUT2D eigenvalue weighted by atomic mass is 10.0. The molecule has 4 aromatic rings. The molecule has 0 fully saturated rings. The molecule has 2 N–H and O–H groups in total. The molecule has 0 saturated heterocycles. The van der Waals surface area contributed by atoms with Crippen LogP contribution in [0.1, 0.15) is 93.4 Å². The summed E-state index contributed by atoms with van der Waals surface area (Å²) in [6.07, 6.45) is 5.91. The van der Waals surface area contributed by atoms with Gasteiger partial charge >= 0.3 is 11.9 Å². The number of aliphatic imine (C=N–C) groups is 2. The number of carbonyl (C=O) groups is 2. The van der Waals surface area contributed by atoms with E-state index in [-0.39, 0.29) is 11.9 Å². The molecular weight excluding hydrogens is 540 g/mol. The van der Waals surface area contributed by atoms with E-state index in [0.29, 0.717) is 24.6 Å². The van der Waals surface area contributed by atoms with Crippen molar-refractivity contribution in [2.75, 3.05) is 13.2 Å². The van der Waals surface area contributed by atoms with Gasteiger partial charge in [-0.25, -0.2) is 9.59 Å². The Labute approximate surface area is 253 Å². The standard InChI is InChI=1S/C35H40N4O4/c1-7-28-22(5)32(34(40)42-9-3)38-30(28)20-36-26-15-11-24(12-16-26)19-25-13-17-27(18-14-25)37-21-31-29(8-2)23(6)33(39-31)35(41)43-10-4/h11-18,20-21,38-39H,7-10,19H2,1-6H3. The number of benzene rings is 2. The zero-order valence-corrected chi connectivity index (χ0v) is 25.8. The van der Waals surface area contributed by atoms with Gasteiger partial charge in [-0.3, -0.25) is 9.98 Å². The zero-order valence-electron chi connectivity index (χ0n) is 25.8. The molecule has 0 aliphatic heterocycles. The zero-order chi connectivity index (χ0) is 30.9. The highest BCUT2D eigenvalue weighted by Gasteiger charge is 2.19. The Balaban J connectivity index is 1.41. The summed E-state index contributed by atoms with van der Waals surface area (Å²) in [6.45, 7) is 12.2. The van der Waals surface area contributed by atoms with E-state index < -0.39 is 0 Å². The fourth-order valence-electron chi connectivity index (χ4n) is 5.17. The minimum Gasteiger partial charge on any atom is -0.461 e. The van der Waals surface area contributed by atoms with Crippen LogP contribution in [0.15, 0.2) is 58.5 Å². The second kappa shape index (κ2) is 14.4. The van der Waals surface area contributed by atoms with Crippen molar-refractivity contribution < 1.29 is 19.1 Å². The average Bonchev–Trinajstić information content (AvgIpc) is 3.51. The van der Waals surface area contributed by atoms with E-state index >= 15 is 0 Å². The number of H-pyrrole nitrogens is 2. The van der Waals surface area contributed by atoms with Gasteiger partial charge in [-0.15, -0.1) is 0 Å². The molecular formula is C35H40N4O4. The summed E-state index contributed by atoms with van der Waals surface area (Å²) in [5.41, 5.74) is 10.6. The summed E-state index contributed by atoms with van der Waals surface area (Å²) in [6, 6.07) is 16.3. The van der Waals surface area contributed by atoms with Crippen LogP contribution < -0.4 is 0 Å². The Morgan fingerprint density at radius 3 is 1.35 bits per heavy atom. The lowest BCUT2D eigenvalue weighted by Crippen LogP contribution is -2.06. The maximum Gasteiger partial charge on any atom is 0.355 e. The predicted octanol–water partition coefficient (Wildman–Crippen LogP) is 7.53. The van der Waals surface area contributed by atoms with E-state index in [9.17, 15) is 9.59 Å². The van der Waals surface area contributed by atoms with Crippen LogP contribution in [0, 0.1) is 13.8 Å². The largest absolute Gasteiger partial charge is 0.461 e. The predicted molar refractivity (Wildman–Crippen MR) is 172 cm³/mol. The Kier molecular flexibility index (Phi) is 10.5. The van der Waals surface area contributed by atoms with Gasteiger partial charge in [0.05, 0.1) is 48.4 Å². The number of esters is 2. The van der Waals surface area contributed by atoms with Crippen molar-refractivity contribution in [2.45, 2.75) is 60.8 Å². The number of rotatable bonds is 12. The van der Waals surface area contributed by atoms with Gasteiger partial charge in [-0.2, -0.15) is 0 Å². The molecule has 43 heavy (non-hydrogen) atoms. The molecule has 0 aliphatic rings. The molecule has 0 bridgehead atoms. The molecule has 0 spiro atoms. The number of ether oxygens (including phenoxy) is 2. The monoisotopic (exact) mass is 580 g/mol. The molecule has 8 heteroatoms. The topological polar surface area (TPSA) is 109 Å². The quantitative estimate of drug-likeness (QED) is 0.133. The average molecular weight is 581 g/mol. The Morgan fingerprint density at radius 2 is 1.02 bits per heavy atom. The van der Waals surface area contributed by atoms with Crippen molar-refractivity contribution in [1.29, 1.82) is 0 Å². The normalized spacial score (nSPS) is 11.5. The second-order valence-electron chi connectivity index (χ2n) is 10.2. The summed E-state index contributed by atoms with van der Waals surface area (Å²) in [4.78, 5) is 40.2. The van der Waals surface area contributed by atoms with E-state index in [0.717, 1.165) is 64.3 Å². The van der Waals surface area contributed by atoms with Crippen LogP contribution in [-0.2, 0) is 28.7 Å². The number of aromatic amines is 2. The number of nitrogens with one attached hydrogen (secondary N) is 2. The SMILES string of the molecule is CCOC(=O)c1[nH]c(C=Nc2ccc(Cc3ccc(N=Cc4[nH]c(C(=O)OCC)c(C)c4CC)cc3)cc2)c(CC)c1C. The minimum absolute atomic E-state index is 0.334. The first-order valence-corrected chi connectivity index (χ1v) is 14.8. The van der Waals surface area contributed by atoms with Crippen LogP contribution in [-0.4, -0.2) is 47.5 Å². The van der Waals surface area contributed by atoms with Crippen molar-refractivity contribution in [3.05, 3.63) is 105 Å². The van der Waals surface area contributed by atoms with Gasteiger partial charge in [0.2, 0.25) is 0 Å². The van der Waals surface area contributed by atoms with Crippen LogP contribution in [0.3, 0.4) is 0 Å². The highest BCUT2D eigenvalue weighted by Crippen LogP contribution is 2.23. The molecule has 2 aromatic carbocycles. The highest BCUT2D eigenvalue weighted by atomic mass is 16.5. The van der Waals surface area contributed by atoms with Crippen molar-refractivity contribution in [1.82, 2.24) is 9.97 Å². The van der Waals surface area contributed by atoms with Gasteiger partial charge in [0.15, 0.2) is 0 Å². The van der Waals surface area contributed by atoms with Gasteiger partial charge in [-0.1, -0.05) is 38.1 Å². The molecule has 0 aliphatic carbocycles. The maximum atomic E-state index is 12.3. The van der Waals surface area contributed by atoms with Crippen molar-refractivity contribution in [2.24, 2.45) is 9.98 Å². The van der Waals surface area contributed by atoms with Crippen LogP contribution in [0.25, 0.3) is 0 Å². The molecule has 0 radical (unpaired) electrons. The van der Waals surface area contributed by atoms with Crippen LogP contribution >= 0.6 is 0 Å². The van der Waals surface area contributed by atoms with Crippen LogP contribution in [0.4, 0.5) is 11.4 Å². The molecule has 0 saturated carbocycles.